The predicted octanol–water partition coefficient (Wildman–Crippen LogP) is 1.21. The number of carbonyl (C=O) groups is 1. The van der Waals surface area contributed by atoms with Crippen LogP contribution in [-0.2, 0) is 4.79 Å². The van der Waals surface area contributed by atoms with Crippen LogP contribution in [0.5, 0.6) is 0 Å². The molecule has 0 unspecified atom stereocenters. The molecule has 0 heterocycles. The average molecular weight is 196 g/mol. The fourth-order valence-corrected chi connectivity index (χ4v) is 1.74. The summed E-state index contributed by atoms with van der Waals surface area (Å²) in [6.07, 6.45) is 7.70. The van der Waals surface area contributed by atoms with Crippen LogP contribution in [-0.4, -0.2) is 25.0 Å². The van der Waals surface area contributed by atoms with Gasteiger partial charge in [0.25, 0.3) is 0 Å². The Bertz CT molecular complexity index is 186. The first-order valence-corrected chi connectivity index (χ1v) is 5.44. The van der Waals surface area contributed by atoms with Crippen molar-refractivity contribution in [1.29, 1.82) is 0 Å². The van der Waals surface area contributed by atoms with Crippen LogP contribution >= 0.6 is 0 Å². The highest BCUT2D eigenvalue weighted by atomic mass is 16.1. The molecule has 0 aromatic heterocycles. The third-order valence-corrected chi connectivity index (χ3v) is 2.58. The molecule has 1 aliphatic carbocycles. The highest BCUT2D eigenvalue weighted by molar-refractivity contribution is 5.77. The van der Waals surface area contributed by atoms with Crippen LogP contribution in [0.4, 0.5) is 0 Å². The lowest BCUT2D eigenvalue weighted by Crippen LogP contribution is -2.38. The van der Waals surface area contributed by atoms with Gasteiger partial charge in [0.1, 0.15) is 0 Å². The Morgan fingerprint density at radius 1 is 1.43 bits per heavy atom. The first-order chi connectivity index (χ1) is 6.83. The molecule has 0 aromatic rings. The summed E-state index contributed by atoms with van der Waals surface area (Å²) in [4.78, 5) is 11.3. The number of nitrogens with one attached hydrogen (secondary N) is 2. The molecule has 1 rings (SSSR count). The summed E-state index contributed by atoms with van der Waals surface area (Å²) in [6.45, 7) is 4.76. The maximum atomic E-state index is 11.3. The van der Waals surface area contributed by atoms with Gasteiger partial charge in [0, 0.05) is 12.6 Å². The van der Waals surface area contributed by atoms with Crippen LogP contribution in [0.25, 0.3) is 0 Å². The van der Waals surface area contributed by atoms with Crippen LogP contribution in [0, 0.1) is 0 Å². The Balaban J connectivity index is 1.99. The SMILES string of the molecule is C=CCCNC(=O)CNC1CCCC1. The van der Waals surface area contributed by atoms with Gasteiger partial charge >= 0.3 is 0 Å². The summed E-state index contributed by atoms with van der Waals surface area (Å²) in [5.41, 5.74) is 0. The second kappa shape index (κ2) is 6.60. The number of hydrogen-bond donors (Lipinski definition) is 2. The van der Waals surface area contributed by atoms with Gasteiger partial charge in [-0.3, -0.25) is 4.79 Å². The Hall–Kier alpha value is -0.830. The topological polar surface area (TPSA) is 41.1 Å². The van der Waals surface area contributed by atoms with Gasteiger partial charge in [-0.2, -0.15) is 0 Å². The monoisotopic (exact) mass is 196 g/mol. The maximum Gasteiger partial charge on any atom is 0.233 e. The highest BCUT2D eigenvalue weighted by Crippen LogP contribution is 2.16. The molecule has 1 aliphatic rings. The zero-order valence-corrected chi connectivity index (χ0v) is 8.72. The molecule has 14 heavy (non-hydrogen) atoms. The van der Waals surface area contributed by atoms with Crippen molar-refractivity contribution < 1.29 is 4.79 Å². The Kier molecular flexibility index (Phi) is 5.30. The van der Waals surface area contributed by atoms with Crippen molar-refractivity contribution in [2.24, 2.45) is 0 Å². The Labute approximate surface area is 86.0 Å². The highest BCUT2D eigenvalue weighted by Gasteiger charge is 2.14. The van der Waals surface area contributed by atoms with Crippen molar-refractivity contribution in [2.75, 3.05) is 13.1 Å². The molecule has 3 nitrogen and oxygen atoms in total. The number of amides is 1. The summed E-state index contributed by atoms with van der Waals surface area (Å²) < 4.78 is 0. The van der Waals surface area contributed by atoms with E-state index in [-0.39, 0.29) is 5.91 Å². The molecular formula is C11H20N2O. The summed E-state index contributed by atoms with van der Waals surface area (Å²) in [6, 6.07) is 0.570. The summed E-state index contributed by atoms with van der Waals surface area (Å²) in [7, 11) is 0. The predicted molar refractivity (Wildman–Crippen MR) is 58.1 cm³/mol. The van der Waals surface area contributed by atoms with Gasteiger partial charge in [-0.25, -0.2) is 0 Å². The van der Waals surface area contributed by atoms with E-state index in [4.69, 9.17) is 0 Å². The maximum absolute atomic E-state index is 11.3. The van der Waals surface area contributed by atoms with Crippen LogP contribution in [0.3, 0.4) is 0 Å². The summed E-state index contributed by atoms with van der Waals surface area (Å²) in [5, 5.41) is 6.11. The van der Waals surface area contributed by atoms with Crippen molar-refractivity contribution in [2.45, 2.75) is 38.1 Å². The van der Waals surface area contributed by atoms with E-state index in [2.05, 4.69) is 17.2 Å². The van der Waals surface area contributed by atoms with E-state index in [0.717, 1.165) is 6.42 Å². The molecule has 1 saturated carbocycles. The molecule has 1 fully saturated rings. The van der Waals surface area contributed by atoms with E-state index in [1.807, 2.05) is 6.08 Å². The first kappa shape index (κ1) is 11.2. The van der Waals surface area contributed by atoms with Crippen LogP contribution < -0.4 is 10.6 Å². The van der Waals surface area contributed by atoms with Gasteiger partial charge in [0.2, 0.25) is 5.91 Å². The fraction of sp³-hybridized carbons (Fsp3) is 0.727. The number of rotatable bonds is 6. The van der Waals surface area contributed by atoms with Crippen molar-refractivity contribution >= 4 is 5.91 Å². The third-order valence-electron chi connectivity index (χ3n) is 2.58. The fourth-order valence-electron chi connectivity index (χ4n) is 1.74. The summed E-state index contributed by atoms with van der Waals surface area (Å²) >= 11 is 0. The molecular weight excluding hydrogens is 176 g/mol. The molecule has 0 saturated heterocycles. The molecule has 0 spiro atoms. The van der Waals surface area contributed by atoms with E-state index >= 15 is 0 Å². The molecule has 0 bridgehead atoms. The molecule has 80 valence electrons. The smallest absolute Gasteiger partial charge is 0.233 e. The van der Waals surface area contributed by atoms with Gasteiger partial charge in [-0.05, 0) is 19.3 Å². The van der Waals surface area contributed by atoms with Crippen molar-refractivity contribution in [3.63, 3.8) is 0 Å². The minimum absolute atomic E-state index is 0.0961. The van der Waals surface area contributed by atoms with Crippen LogP contribution in [0.15, 0.2) is 12.7 Å². The molecule has 1 amide bonds. The lowest BCUT2D eigenvalue weighted by Gasteiger charge is -2.11. The van der Waals surface area contributed by atoms with Gasteiger partial charge in [-0.15, -0.1) is 6.58 Å². The van der Waals surface area contributed by atoms with Crippen molar-refractivity contribution in [1.82, 2.24) is 10.6 Å². The zero-order chi connectivity index (χ0) is 10.2. The third kappa shape index (κ3) is 4.42. The Morgan fingerprint density at radius 2 is 2.14 bits per heavy atom. The number of hydrogen-bond acceptors (Lipinski definition) is 2. The zero-order valence-electron chi connectivity index (χ0n) is 8.72. The standard InChI is InChI=1S/C11H20N2O/c1-2-3-8-12-11(14)9-13-10-6-4-5-7-10/h2,10,13H,1,3-9H2,(H,12,14). The molecule has 0 atom stereocenters. The second-order valence-electron chi connectivity index (χ2n) is 3.79. The molecule has 2 N–H and O–H groups in total. The van der Waals surface area contributed by atoms with Gasteiger partial charge in [-0.1, -0.05) is 18.9 Å². The molecule has 0 aromatic carbocycles. The normalized spacial score (nSPS) is 16.9. The first-order valence-electron chi connectivity index (χ1n) is 5.44. The second-order valence-corrected chi connectivity index (χ2v) is 3.79. The minimum Gasteiger partial charge on any atom is -0.355 e. The van der Waals surface area contributed by atoms with Crippen LogP contribution in [0.2, 0.25) is 0 Å². The largest absolute Gasteiger partial charge is 0.355 e. The van der Waals surface area contributed by atoms with E-state index in [9.17, 15) is 4.79 Å². The minimum atomic E-state index is 0.0961. The molecule has 0 aliphatic heterocycles. The molecule has 0 radical (unpaired) electrons. The van der Waals surface area contributed by atoms with E-state index in [0.29, 0.717) is 19.1 Å². The van der Waals surface area contributed by atoms with E-state index in [1.165, 1.54) is 25.7 Å². The average Bonchev–Trinajstić information content (AvgIpc) is 2.68. The van der Waals surface area contributed by atoms with Gasteiger partial charge in [0.15, 0.2) is 0 Å². The Morgan fingerprint density at radius 3 is 2.79 bits per heavy atom. The van der Waals surface area contributed by atoms with E-state index < -0.39 is 0 Å². The van der Waals surface area contributed by atoms with E-state index in [1.54, 1.807) is 0 Å². The van der Waals surface area contributed by atoms with Gasteiger partial charge in [0.05, 0.1) is 6.54 Å². The quantitative estimate of drug-likeness (QED) is 0.495. The lowest BCUT2D eigenvalue weighted by atomic mass is 10.2. The lowest BCUT2D eigenvalue weighted by molar-refractivity contribution is -0.120. The van der Waals surface area contributed by atoms with Gasteiger partial charge < -0.3 is 10.6 Å². The summed E-state index contributed by atoms with van der Waals surface area (Å²) in [5.74, 6) is 0.0961. The van der Waals surface area contributed by atoms with Crippen LogP contribution in [0.1, 0.15) is 32.1 Å². The molecule has 3 heteroatoms. The van der Waals surface area contributed by atoms with Crippen molar-refractivity contribution in [3.05, 3.63) is 12.7 Å². The number of carbonyl (C=O) groups excluding carboxylic acids is 1. The van der Waals surface area contributed by atoms with Crippen molar-refractivity contribution in [3.8, 4) is 0 Å².